The predicted molar refractivity (Wildman–Crippen MR) is 117 cm³/mol. The van der Waals surface area contributed by atoms with Crippen molar-refractivity contribution in [3.8, 4) is 5.75 Å². The fraction of sp³-hybridized carbons (Fsp3) is 0.304. The van der Waals surface area contributed by atoms with E-state index in [4.69, 9.17) is 16.3 Å². The van der Waals surface area contributed by atoms with Crippen molar-refractivity contribution in [2.45, 2.75) is 12.5 Å². The summed E-state index contributed by atoms with van der Waals surface area (Å²) in [6.07, 6.45) is 0.696. The van der Waals surface area contributed by atoms with Crippen LogP contribution in [0.4, 0.5) is 0 Å². The van der Waals surface area contributed by atoms with E-state index >= 15 is 0 Å². The highest BCUT2D eigenvalue weighted by Crippen LogP contribution is 2.40. The lowest BCUT2D eigenvalue weighted by Crippen LogP contribution is -2.32. The number of ether oxygens (including phenoxy) is 1. The molecule has 7 heteroatoms. The van der Waals surface area contributed by atoms with E-state index in [0.29, 0.717) is 34.9 Å². The Morgan fingerprint density at radius 2 is 1.87 bits per heavy atom. The number of ketones is 1. The standard InChI is InChI=1S/C23H25ClN2O4/c1-25(2)12-5-13-26-20(16-6-4-7-18(14-16)30-3)19(22(28)23(26)29)21(27)15-8-10-17(24)11-9-15/h4,6-11,14,20,27H,5,12-13H2,1-3H3/t20-/m1/s1. The number of amides is 1. The monoisotopic (exact) mass is 428 g/mol. The fourth-order valence-corrected chi connectivity index (χ4v) is 3.72. The Labute approximate surface area is 181 Å². The first-order chi connectivity index (χ1) is 14.3. The molecular formula is C23H25ClN2O4. The van der Waals surface area contributed by atoms with E-state index in [1.165, 1.54) is 4.90 Å². The topological polar surface area (TPSA) is 70.1 Å². The second kappa shape index (κ2) is 9.32. The van der Waals surface area contributed by atoms with Crippen LogP contribution in [-0.4, -0.2) is 60.9 Å². The summed E-state index contributed by atoms with van der Waals surface area (Å²) in [6.45, 7) is 1.16. The number of methoxy groups -OCH3 is 1. The average molecular weight is 429 g/mol. The molecule has 0 bridgehead atoms. The quantitative estimate of drug-likeness (QED) is 0.413. The van der Waals surface area contributed by atoms with Gasteiger partial charge in [0.2, 0.25) is 0 Å². The summed E-state index contributed by atoms with van der Waals surface area (Å²) in [6, 6.07) is 13.0. The van der Waals surface area contributed by atoms with Crippen molar-refractivity contribution in [1.29, 1.82) is 0 Å². The minimum Gasteiger partial charge on any atom is -0.507 e. The Hall–Kier alpha value is -2.83. The largest absolute Gasteiger partial charge is 0.507 e. The molecule has 1 amide bonds. The van der Waals surface area contributed by atoms with Gasteiger partial charge in [-0.2, -0.15) is 0 Å². The first-order valence-electron chi connectivity index (χ1n) is 9.66. The van der Waals surface area contributed by atoms with Crippen LogP contribution in [-0.2, 0) is 9.59 Å². The Morgan fingerprint density at radius 1 is 1.17 bits per heavy atom. The summed E-state index contributed by atoms with van der Waals surface area (Å²) in [4.78, 5) is 29.4. The van der Waals surface area contributed by atoms with E-state index in [2.05, 4.69) is 0 Å². The minimum absolute atomic E-state index is 0.0698. The van der Waals surface area contributed by atoms with Gasteiger partial charge in [-0.3, -0.25) is 9.59 Å². The normalized spacial score (nSPS) is 18.3. The highest BCUT2D eigenvalue weighted by molar-refractivity contribution is 6.46. The number of Topliss-reactive ketones (excluding diaryl/α,β-unsaturated/α-hetero) is 1. The van der Waals surface area contributed by atoms with E-state index in [1.807, 2.05) is 25.1 Å². The maximum Gasteiger partial charge on any atom is 0.295 e. The van der Waals surface area contributed by atoms with Gasteiger partial charge >= 0.3 is 0 Å². The number of nitrogens with zero attached hydrogens (tertiary/aromatic N) is 2. The Morgan fingerprint density at radius 3 is 2.50 bits per heavy atom. The van der Waals surface area contributed by atoms with Gasteiger partial charge < -0.3 is 19.6 Å². The number of benzene rings is 2. The molecule has 2 aromatic rings. The van der Waals surface area contributed by atoms with Crippen LogP contribution < -0.4 is 4.74 Å². The molecule has 6 nitrogen and oxygen atoms in total. The first kappa shape index (κ1) is 21.9. The number of rotatable bonds is 7. The smallest absolute Gasteiger partial charge is 0.295 e. The molecule has 1 aliphatic heterocycles. The number of carbonyl (C=O) groups is 2. The van der Waals surface area contributed by atoms with Crippen LogP contribution in [0.2, 0.25) is 5.02 Å². The third-order valence-electron chi connectivity index (χ3n) is 5.07. The molecule has 0 spiro atoms. The van der Waals surface area contributed by atoms with E-state index in [0.717, 1.165) is 6.54 Å². The van der Waals surface area contributed by atoms with Gasteiger partial charge in [0.15, 0.2) is 0 Å². The van der Waals surface area contributed by atoms with Gasteiger partial charge in [0.25, 0.3) is 11.7 Å². The third-order valence-corrected chi connectivity index (χ3v) is 5.32. The van der Waals surface area contributed by atoms with Crippen molar-refractivity contribution in [3.63, 3.8) is 0 Å². The summed E-state index contributed by atoms with van der Waals surface area (Å²) < 4.78 is 5.32. The number of aliphatic hydroxyl groups is 1. The van der Waals surface area contributed by atoms with Gasteiger partial charge in [-0.05, 0) is 69.0 Å². The van der Waals surface area contributed by atoms with Crippen LogP contribution in [0.25, 0.3) is 5.76 Å². The number of halogens is 1. The lowest BCUT2D eigenvalue weighted by Gasteiger charge is -2.26. The molecule has 1 fully saturated rings. The maximum absolute atomic E-state index is 13.0. The zero-order valence-corrected chi connectivity index (χ0v) is 18.0. The highest BCUT2D eigenvalue weighted by Gasteiger charge is 2.45. The van der Waals surface area contributed by atoms with E-state index < -0.39 is 17.7 Å². The fourth-order valence-electron chi connectivity index (χ4n) is 3.59. The summed E-state index contributed by atoms with van der Waals surface area (Å²) in [7, 11) is 5.46. The second-order valence-electron chi connectivity index (χ2n) is 7.43. The molecule has 2 aromatic carbocycles. The van der Waals surface area contributed by atoms with Crippen molar-refractivity contribution < 1.29 is 19.4 Å². The Bertz CT molecular complexity index is 969. The van der Waals surface area contributed by atoms with Crippen LogP contribution in [0.3, 0.4) is 0 Å². The molecule has 1 atom stereocenters. The van der Waals surface area contributed by atoms with Crippen molar-refractivity contribution in [3.05, 3.63) is 70.3 Å². The van der Waals surface area contributed by atoms with Crippen LogP contribution in [0.5, 0.6) is 5.75 Å². The van der Waals surface area contributed by atoms with Gasteiger partial charge in [0.05, 0.1) is 18.7 Å². The Kier molecular flexibility index (Phi) is 6.80. The molecule has 1 N–H and O–H groups in total. The molecule has 158 valence electrons. The molecule has 0 radical (unpaired) electrons. The lowest BCUT2D eigenvalue weighted by molar-refractivity contribution is -0.139. The first-order valence-corrected chi connectivity index (χ1v) is 10.0. The molecule has 0 unspecified atom stereocenters. The molecule has 0 aliphatic carbocycles. The van der Waals surface area contributed by atoms with Crippen LogP contribution >= 0.6 is 11.6 Å². The molecule has 1 heterocycles. The van der Waals surface area contributed by atoms with Gasteiger partial charge in [-0.25, -0.2) is 0 Å². The molecular weight excluding hydrogens is 404 g/mol. The van der Waals surface area contributed by atoms with Crippen molar-refractivity contribution in [1.82, 2.24) is 9.80 Å². The molecule has 1 saturated heterocycles. The number of hydrogen-bond donors (Lipinski definition) is 1. The zero-order chi connectivity index (χ0) is 21.8. The highest BCUT2D eigenvalue weighted by atomic mass is 35.5. The van der Waals surface area contributed by atoms with Crippen molar-refractivity contribution >= 4 is 29.1 Å². The Balaban J connectivity index is 2.10. The average Bonchev–Trinajstić information content (AvgIpc) is 2.98. The summed E-state index contributed by atoms with van der Waals surface area (Å²) >= 11 is 5.95. The van der Waals surface area contributed by atoms with Crippen LogP contribution in [0.1, 0.15) is 23.6 Å². The number of carbonyl (C=O) groups excluding carboxylic acids is 2. The summed E-state index contributed by atoms with van der Waals surface area (Å²) in [5, 5.41) is 11.5. The summed E-state index contributed by atoms with van der Waals surface area (Å²) in [5.41, 5.74) is 1.20. The third kappa shape index (κ3) is 4.50. The molecule has 3 rings (SSSR count). The molecule has 30 heavy (non-hydrogen) atoms. The maximum atomic E-state index is 13.0. The lowest BCUT2D eigenvalue weighted by atomic mass is 9.95. The van der Waals surface area contributed by atoms with E-state index in [1.54, 1.807) is 49.6 Å². The second-order valence-corrected chi connectivity index (χ2v) is 7.87. The van der Waals surface area contributed by atoms with Crippen molar-refractivity contribution in [2.24, 2.45) is 0 Å². The molecule has 1 aliphatic rings. The molecule has 0 saturated carbocycles. The number of aliphatic hydroxyl groups excluding tert-OH is 1. The molecule has 0 aromatic heterocycles. The zero-order valence-electron chi connectivity index (χ0n) is 17.3. The van der Waals surface area contributed by atoms with E-state index in [9.17, 15) is 14.7 Å². The van der Waals surface area contributed by atoms with Crippen LogP contribution in [0, 0.1) is 0 Å². The number of likely N-dealkylation sites (tertiary alicyclic amines) is 1. The predicted octanol–water partition coefficient (Wildman–Crippen LogP) is 3.72. The van der Waals surface area contributed by atoms with Crippen molar-refractivity contribution in [2.75, 3.05) is 34.3 Å². The van der Waals surface area contributed by atoms with Gasteiger partial charge in [0.1, 0.15) is 11.5 Å². The van der Waals surface area contributed by atoms with Crippen LogP contribution in [0.15, 0.2) is 54.1 Å². The van der Waals surface area contributed by atoms with Gasteiger partial charge in [0, 0.05) is 17.1 Å². The number of hydrogen-bond acceptors (Lipinski definition) is 5. The minimum atomic E-state index is -0.696. The summed E-state index contributed by atoms with van der Waals surface area (Å²) in [5.74, 6) is -0.914. The van der Waals surface area contributed by atoms with Gasteiger partial charge in [-0.1, -0.05) is 23.7 Å². The van der Waals surface area contributed by atoms with E-state index in [-0.39, 0.29) is 11.3 Å². The van der Waals surface area contributed by atoms with Gasteiger partial charge in [-0.15, -0.1) is 0 Å². The SMILES string of the molecule is COc1cccc([C@@H]2C(=C(O)c3ccc(Cl)cc3)C(=O)C(=O)N2CCCN(C)C)c1.